The minimum absolute atomic E-state index is 0.0310. The van der Waals surface area contributed by atoms with Crippen LogP contribution in [0.15, 0.2) is 23.1 Å². The first-order valence-electron chi connectivity index (χ1n) is 5.91. The van der Waals surface area contributed by atoms with Crippen molar-refractivity contribution in [2.45, 2.75) is 0 Å². The van der Waals surface area contributed by atoms with Crippen LogP contribution < -0.4 is 10.9 Å². The molecule has 1 fully saturated rings. The number of imide groups is 1. The minimum atomic E-state index is -0.516. The van der Waals surface area contributed by atoms with Crippen LogP contribution in [0.25, 0.3) is 0 Å². The molecular formula is C12H13N3O4S. The van der Waals surface area contributed by atoms with Gasteiger partial charge in [0.25, 0.3) is 16.7 Å². The molecule has 8 heteroatoms. The number of aryl methyl sites for hydroxylation is 1. The summed E-state index contributed by atoms with van der Waals surface area (Å²) in [4.78, 5) is 47.3. The molecule has 0 spiro atoms. The van der Waals surface area contributed by atoms with Gasteiger partial charge >= 0.3 is 0 Å². The van der Waals surface area contributed by atoms with E-state index in [1.807, 2.05) is 0 Å². The zero-order chi connectivity index (χ0) is 14.7. The second-order valence-corrected chi connectivity index (χ2v) is 5.12. The van der Waals surface area contributed by atoms with E-state index < -0.39 is 11.5 Å². The van der Waals surface area contributed by atoms with Crippen LogP contribution in [0.4, 0.5) is 4.79 Å². The SMILES string of the molecule is Cn1cccc(C(=O)NCCN2C(=O)CSC2=O)c1=O. The molecule has 1 aliphatic heterocycles. The third kappa shape index (κ3) is 2.90. The van der Waals surface area contributed by atoms with E-state index in [4.69, 9.17) is 0 Å². The zero-order valence-electron chi connectivity index (χ0n) is 10.8. The molecule has 106 valence electrons. The molecule has 0 saturated carbocycles. The van der Waals surface area contributed by atoms with Crippen LogP contribution in [0.1, 0.15) is 10.4 Å². The maximum atomic E-state index is 11.8. The number of amides is 3. The fraction of sp³-hybridized carbons (Fsp3) is 0.333. The summed E-state index contributed by atoms with van der Waals surface area (Å²) in [6.07, 6.45) is 1.55. The smallest absolute Gasteiger partial charge is 0.288 e. The first-order chi connectivity index (χ1) is 9.50. The summed E-state index contributed by atoms with van der Waals surface area (Å²) >= 11 is 0.945. The molecule has 1 N–H and O–H groups in total. The van der Waals surface area contributed by atoms with Gasteiger partial charge in [-0.2, -0.15) is 0 Å². The number of nitrogens with zero attached hydrogens (tertiary/aromatic N) is 2. The van der Waals surface area contributed by atoms with E-state index in [2.05, 4.69) is 5.32 Å². The first-order valence-corrected chi connectivity index (χ1v) is 6.90. The number of hydrogen-bond acceptors (Lipinski definition) is 5. The Morgan fingerprint density at radius 3 is 2.80 bits per heavy atom. The normalized spacial score (nSPS) is 14.8. The lowest BCUT2D eigenvalue weighted by Gasteiger charge is -2.13. The average Bonchev–Trinajstić information content (AvgIpc) is 2.73. The molecule has 1 saturated heterocycles. The van der Waals surface area contributed by atoms with E-state index in [0.717, 1.165) is 16.7 Å². The second kappa shape index (κ2) is 5.91. The summed E-state index contributed by atoms with van der Waals surface area (Å²) in [6.45, 7) is 0.235. The molecule has 0 bridgehead atoms. The molecular weight excluding hydrogens is 282 g/mol. The molecule has 0 aliphatic carbocycles. The van der Waals surface area contributed by atoms with Crippen molar-refractivity contribution in [3.05, 3.63) is 34.2 Å². The van der Waals surface area contributed by atoms with E-state index in [9.17, 15) is 19.2 Å². The fourth-order valence-corrected chi connectivity index (χ4v) is 2.50. The largest absolute Gasteiger partial charge is 0.350 e. The molecule has 7 nitrogen and oxygen atoms in total. The van der Waals surface area contributed by atoms with Crippen LogP contribution >= 0.6 is 11.8 Å². The van der Waals surface area contributed by atoms with Crippen LogP contribution in [0.2, 0.25) is 0 Å². The van der Waals surface area contributed by atoms with Gasteiger partial charge in [-0.25, -0.2) is 0 Å². The molecule has 2 rings (SSSR count). The fourth-order valence-electron chi connectivity index (χ4n) is 1.74. The second-order valence-electron chi connectivity index (χ2n) is 4.19. The summed E-state index contributed by atoms with van der Waals surface area (Å²) in [7, 11) is 1.55. The zero-order valence-corrected chi connectivity index (χ0v) is 11.6. The molecule has 0 unspecified atom stereocenters. The number of nitrogens with one attached hydrogen (secondary N) is 1. The molecule has 1 aromatic heterocycles. The topological polar surface area (TPSA) is 88.5 Å². The summed E-state index contributed by atoms with van der Waals surface area (Å²) in [5, 5.41) is 2.22. The summed E-state index contributed by atoms with van der Waals surface area (Å²) in [5.74, 6) is -0.630. The van der Waals surface area contributed by atoms with Gasteiger partial charge in [0.15, 0.2) is 0 Å². The summed E-state index contributed by atoms with van der Waals surface area (Å²) in [5.41, 5.74) is -0.364. The van der Waals surface area contributed by atoms with Gasteiger partial charge < -0.3 is 9.88 Å². The van der Waals surface area contributed by atoms with Gasteiger partial charge in [0.1, 0.15) is 5.56 Å². The monoisotopic (exact) mass is 295 g/mol. The predicted octanol–water partition coefficient (Wildman–Crippen LogP) is -0.190. The van der Waals surface area contributed by atoms with Gasteiger partial charge in [-0.1, -0.05) is 11.8 Å². The van der Waals surface area contributed by atoms with Crippen LogP contribution in [-0.2, 0) is 11.8 Å². The lowest BCUT2D eigenvalue weighted by Crippen LogP contribution is -2.39. The van der Waals surface area contributed by atoms with Crippen LogP contribution in [0.3, 0.4) is 0 Å². The molecule has 0 aromatic carbocycles. The third-order valence-electron chi connectivity index (χ3n) is 2.83. The van der Waals surface area contributed by atoms with Crippen molar-refractivity contribution < 1.29 is 14.4 Å². The van der Waals surface area contributed by atoms with Gasteiger partial charge in [0, 0.05) is 26.3 Å². The van der Waals surface area contributed by atoms with E-state index in [1.54, 1.807) is 19.3 Å². The molecule has 0 atom stereocenters. The predicted molar refractivity (Wildman–Crippen MR) is 73.6 cm³/mol. The Morgan fingerprint density at radius 1 is 1.40 bits per heavy atom. The van der Waals surface area contributed by atoms with Crippen molar-refractivity contribution in [2.24, 2.45) is 7.05 Å². The number of aromatic nitrogens is 1. The molecule has 1 aliphatic rings. The standard InChI is InChI=1S/C12H13N3O4S/c1-14-5-2-3-8(11(14)18)10(17)13-4-6-15-9(16)7-20-12(15)19/h2-3,5H,4,6-7H2,1H3,(H,13,17). The highest BCUT2D eigenvalue weighted by atomic mass is 32.2. The van der Waals surface area contributed by atoms with E-state index in [1.165, 1.54) is 10.6 Å². The lowest BCUT2D eigenvalue weighted by molar-refractivity contribution is -0.124. The molecule has 20 heavy (non-hydrogen) atoms. The highest BCUT2D eigenvalue weighted by molar-refractivity contribution is 8.14. The van der Waals surface area contributed by atoms with Crippen molar-refractivity contribution >= 4 is 28.8 Å². The van der Waals surface area contributed by atoms with Crippen molar-refractivity contribution in [1.82, 2.24) is 14.8 Å². The van der Waals surface area contributed by atoms with Gasteiger partial charge in [-0.15, -0.1) is 0 Å². The molecule has 0 radical (unpaired) electrons. The Kier molecular flexibility index (Phi) is 4.23. The highest BCUT2D eigenvalue weighted by Gasteiger charge is 2.29. The number of rotatable bonds is 4. The van der Waals surface area contributed by atoms with Crippen molar-refractivity contribution in [3.63, 3.8) is 0 Å². The summed E-state index contributed by atoms with van der Waals surface area (Å²) in [6, 6.07) is 3.03. The van der Waals surface area contributed by atoms with Crippen LogP contribution in [0.5, 0.6) is 0 Å². The number of thioether (sulfide) groups is 1. The minimum Gasteiger partial charge on any atom is -0.350 e. The Labute approximate surface area is 118 Å². The van der Waals surface area contributed by atoms with Gasteiger partial charge in [0.05, 0.1) is 5.75 Å². The van der Waals surface area contributed by atoms with Crippen LogP contribution in [-0.4, -0.2) is 45.4 Å². The Bertz CT molecular complexity index is 609. The maximum Gasteiger partial charge on any atom is 0.288 e. The third-order valence-corrected chi connectivity index (χ3v) is 3.69. The Hall–Kier alpha value is -2.09. The lowest BCUT2D eigenvalue weighted by atomic mass is 10.2. The van der Waals surface area contributed by atoms with Crippen molar-refractivity contribution in [3.8, 4) is 0 Å². The maximum absolute atomic E-state index is 11.8. The van der Waals surface area contributed by atoms with Crippen molar-refractivity contribution in [1.29, 1.82) is 0 Å². The number of carbonyl (C=O) groups excluding carboxylic acids is 3. The van der Waals surface area contributed by atoms with Gasteiger partial charge in [-0.3, -0.25) is 24.1 Å². The number of hydrogen-bond donors (Lipinski definition) is 1. The summed E-state index contributed by atoms with van der Waals surface area (Å²) < 4.78 is 1.30. The number of pyridine rings is 1. The Balaban J connectivity index is 1.93. The average molecular weight is 295 g/mol. The van der Waals surface area contributed by atoms with E-state index >= 15 is 0 Å². The first kappa shape index (κ1) is 14.3. The van der Waals surface area contributed by atoms with Gasteiger partial charge in [0.2, 0.25) is 5.91 Å². The quantitative estimate of drug-likeness (QED) is 0.832. The van der Waals surface area contributed by atoms with Crippen molar-refractivity contribution in [2.75, 3.05) is 18.8 Å². The molecule has 1 aromatic rings. The van der Waals surface area contributed by atoms with E-state index in [-0.39, 0.29) is 35.6 Å². The van der Waals surface area contributed by atoms with Gasteiger partial charge in [-0.05, 0) is 12.1 Å². The molecule has 2 heterocycles. The van der Waals surface area contributed by atoms with E-state index in [0.29, 0.717) is 0 Å². The molecule has 3 amide bonds. The Morgan fingerprint density at radius 2 is 2.15 bits per heavy atom. The number of carbonyl (C=O) groups is 3. The highest BCUT2D eigenvalue weighted by Crippen LogP contribution is 2.17. The van der Waals surface area contributed by atoms with Crippen LogP contribution in [0, 0.1) is 0 Å².